The summed E-state index contributed by atoms with van der Waals surface area (Å²) in [6.45, 7) is 6.14. The molecule has 0 aliphatic rings. The number of aromatic nitrogens is 2. The van der Waals surface area contributed by atoms with E-state index < -0.39 is 0 Å². The molecule has 0 spiro atoms. The van der Waals surface area contributed by atoms with Crippen LogP contribution in [0.15, 0.2) is 60.7 Å². The predicted molar refractivity (Wildman–Crippen MR) is 153 cm³/mol. The van der Waals surface area contributed by atoms with Crippen molar-refractivity contribution in [1.82, 2.24) is 14.9 Å². The van der Waals surface area contributed by atoms with Crippen molar-refractivity contribution in [3.63, 3.8) is 0 Å². The molecule has 1 N–H and O–H groups in total. The van der Waals surface area contributed by atoms with Crippen molar-refractivity contribution in [2.24, 2.45) is 0 Å². The zero-order valence-electron chi connectivity index (χ0n) is 23.3. The van der Waals surface area contributed by atoms with Gasteiger partial charge in [0.15, 0.2) is 11.5 Å². The van der Waals surface area contributed by atoms with E-state index >= 15 is 0 Å². The summed E-state index contributed by atoms with van der Waals surface area (Å²) in [5.41, 5.74) is 3.66. The molecular formula is C31H37N3O5. The zero-order valence-corrected chi connectivity index (χ0v) is 23.3. The van der Waals surface area contributed by atoms with Crippen LogP contribution < -0.4 is 24.3 Å². The molecule has 0 radical (unpaired) electrons. The Morgan fingerprint density at radius 3 is 2.31 bits per heavy atom. The molecule has 0 aliphatic heterocycles. The number of rotatable bonds is 13. The number of imidazole rings is 1. The molecule has 1 heterocycles. The van der Waals surface area contributed by atoms with E-state index in [1.54, 1.807) is 12.1 Å². The van der Waals surface area contributed by atoms with Gasteiger partial charge in [-0.3, -0.25) is 4.79 Å². The number of carbonyl (C=O) groups is 1. The normalized spacial score (nSPS) is 11.0. The summed E-state index contributed by atoms with van der Waals surface area (Å²) in [5.74, 6) is 3.35. The van der Waals surface area contributed by atoms with E-state index in [-0.39, 0.29) is 5.91 Å². The van der Waals surface area contributed by atoms with Gasteiger partial charge in [-0.2, -0.15) is 0 Å². The molecule has 8 heteroatoms. The van der Waals surface area contributed by atoms with E-state index in [2.05, 4.69) is 35.9 Å². The largest absolute Gasteiger partial charge is 0.493 e. The minimum Gasteiger partial charge on any atom is -0.493 e. The van der Waals surface area contributed by atoms with Crippen LogP contribution in [0.4, 0.5) is 0 Å². The maximum Gasteiger partial charge on any atom is 0.251 e. The molecule has 39 heavy (non-hydrogen) atoms. The maximum atomic E-state index is 12.9. The molecule has 0 aliphatic carbocycles. The van der Waals surface area contributed by atoms with Gasteiger partial charge in [0.25, 0.3) is 5.91 Å². The minimum absolute atomic E-state index is 0.228. The quantitative estimate of drug-likeness (QED) is 0.225. The fourth-order valence-corrected chi connectivity index (χ4v) is 4.66. The molecule has 206 valence electrons. The Bertz CT molecular complexity index is 1390. The molecule has 1 aromatic heterocycles. The van der Waals surface area contributed by atoms with Crippen molar-refractivity contribution in [2.75, 3.05) is 34.5 Å². The van der Waals surface area contributed by atoms with E-state index in [9.17, 15) is 4.79 Å². The third-order valence-corrected chi connectivity index (χ3v) is 6.62. The van der Waals surface area contributed by atoms with E-state index in [0.29, 0.717) is 48.3 Å². The molecule has 3 aromatic carbocycles. The fourth-order valence-electron chi connectivity index (χ4n) is 4.66. The van der Waals surface area contributed by atoms with Gasteiger partial charge < -0.3 is 28.8 Å². The Morgan fingerprint density at radius 2 is 1.62 bits per heavy atom. The topological polar surface area (TPSA) is 83.8 Å². The Kier molecular flexibility index (Phi) is 9.31. The van der Waals surface area contributed by atoms with Crippen LogP contribution in [0.1, 0.15) is 47.9 Å². The maximum absolute atomic E-state index is 12.9. The number of hydrogen-bond acceptors (Lipinski definition) is 6. The second-order valence-electron chi connectivity index (χ2n) is 9.48. The van der Waals surface area contributed by atoms with Crippen LogP contribution in [-0.4, -0.2) is 49.9 Å². The van der Waals surface area contributed by atoms with E-state index in [1.807, 2.05) is 36.4 Å². The third-order valence-electron chi connectivity index (χ3n) is 6.62. The first-order chi connectivity index (χ1) is 19.0. The summed E-state index contributed by atoms with van der Waals surface area (Å²) in [5, 5.41) is 3.00. The van der Waals surface area contributed by atoms with Crippen molar-refractivity contribution in [2.45, 2.75) is 39.2 Å². The van der Waals surface area contributed by atoms with Gasteiger partial charge in [-0.05, 0) is 48.2 Å². The van der Waals surface area contributed by atoms with Gasteiger partial charge in [0, 0.05) is 25.1 Å². The predicted octanol–water partition coefficient (Wildman–Crippen LogP) is 5.63. The number of hydrogen-bond donors (Lipinski definition) is 1. The van der Waals surface area contributed by atoms with Gasteiger partial charge >= 0.3 is 0 Å². The first-order valence-electron chi connectivity index (χ1n) is 13.2. The number of carbonyl (C=O) groups excluding carboxylic acids is 1. The SMILES string of the molecule is COc1cc(C(=O)NCCc2nc3ccccc3n2CCCOc2ccccc2C(C)C)cc(OC)c1OC. The number of para-hydroxylation sites is 3. The monoisotopic (exact) mass is 531 g/mol. The van der Waals surface area contributed by atoms with Crippen LogP contribution in [-0.2, 0) is 13.0 Å². The van der Waals surface area contributed by atoms with Gasteiger partial charge in [0.2, 0.25) is 5.75 Å². The number of methoxy groups -OCH3 is 3. The van der Waals surface area contributed by atoms with Crippen LogP contribution in [0.3, 0.4) is 0 Å². The Balaban J connectivity index is 1.41. The smallest absolute Gasteiger partial charge is 0.251 e. The molecular weight excluding hydrogens is 494 g/mol. The average Bonchev–Trinajstić information content (AvgIpc) is 3.31. The van der Waals surface area contributed by atoms with Crippen LogP contribution in [0.2, 0.25) is 0 Å². The molecule has 1 amide bonds. The van der Waals surface area contributed by atoms with Crippen molar-refractivity contribution in [3.05, 3.63) is 77.6 Å². The van der Waals surface area contributed by atoms with Crippen LogP contribution in [0.25, 0.3) is 11.0 Å². The Hall–Kier alpha value is -4.20. The zero-order chi connectivity index (χ0) is 27.8. The Morgan fingerprint density at radius 1 is 0.923 bits per heavy atom. The van der Waals surface area contributed by atoms with Crippen LogP contribution in [0.5, 0.6) is 23.0 Å². The van der Waals surface area contributed by atoms with Gasteiger partial charge in [0.05, 0.1) is 39.0 Å². The van der Waals surface area contributed by atoms with Gasteiger partial charge in [0.1, 0.15) is 11.6 Å². The first-order valence-corrected chi connectivity index (χ1v) is 13.2. The summed E-state index contributed by atoms with van der Waals surface area (Å²) in [4.78, 5) is 17.8. The number of nitrogens with zero attached hydrogens (tertiary/aromatic N) is 2. The van der Waals surface area contributed by atoms with Crippen LogP contribution >= 0.6 is 0 Å². The number of ether oxygens (including phenoxy) is 4. The molecule has 0 saturated carbocycles. The summed E-state index contributed by atoms with van der Waals surface area (Å²) in [7, 11) is 4.58. The number of aryl methyl sites for hydroxylation is 1. The molecule has 0 fully saturated rings. The summed E-state index contributed by atoms with van der Waals surface area (Å²) < 4.78 is 24.5. The molecule has 8 nitrogen and oxygen atoms in total. The van der Waals surface area contributed by atoms with E-state index in [0.717, 1.165) is 35.6 Å². The van der Waals surface area contributed by atoms with Crippen molar-refractivity contribution < 1.29 is 23.7 Å². The molecule has 0 saturated heterocycles. The van der Waals surface area contributed by atoms with Crippen molar-refractivity contribution in [1.29, 1.82) is 0 Å². The van der Waals surface area contributed by atoms with Crippen molar-refractivity contribution in [3.8, 4) is 23.0 Å². The molecule has 0 unspecified atom stereocenters. The highest BCUT2D eigenvalue weighted by Gasteiger charge is 2.17. The summed E-state index contributed by atoms with van der Waals surface area (Å²) in [6.07, 6.45) is 1.42. The van der Waals surface area contributed by atoms with E-state index in [4.69, 9.17) is 23.9 Å². The lowest BCUT2D eigenvalue weighted by molar-refractivity contribution is 0.0953. The standard InChI is InChI=1S/C31H37N3O5/c1-21(2)23-11-6-9-14-26(23)39-18-10-17-34-25-13-8-7-12-24(25)33-29(34)15-16-32-31(35)22-19-27(36-3)30(38-5)28(20-22)37-4/h6-9,11-14,19-21H,10,15-18H2,1-5H3,(H,32,35). The highest BCUT2D eigenvalue weighted by atomic mass is 16.5. The lowest BCUT2D eigenvalue weighted by atomic mass is 10.0. The second-order valence-corrected chi connectivity index (χ2v) is 9.48. The summed E-state index contributed by atoms with van der Waals surface area (Å²) in [6, 6.07) is 19.6. The lowest BCUT2D eigenvalue weighted by Gasteiger charge is -2.15. The fraction of sp³-hybridized carbons (Fsp3) is 0.355. The number of amides is 1. The minimum atomic E-state index is -0.228. The molecule has 0 bridgehead atoms. The second kappa shape index (κ2) is 13.0. The van der Waals surface area contributed by atoms with Gasteiger partial charge in [-0.15, -0.1) is 0 Å². The lowest BCUT2D eigenvalue weighted by Crippen LogP contribution is -2.26. The third kappa shape index (κ3) is 6.45. The molecule has 0 atom stereocenters. The highest BCUT2D eigenvalue weighted by molar-refractivity contribution is 5.95. The number of fused-ring (bicyclic) bond motifs is 1. The van der Waals surface area contributed by atoms with Crippen LogP contribution in [0, 0.1) is 0 Å². The average molecular weight is 532 g/mol. The number of benzene rings is 3. The van der Waals surface area contributed by atoms with Crippen molar-refractivity contribution >= 4 is 16.9 Å². The van der Waals surface area contributed by atoms with Gasteiger partial charge in [-0.25, -0.2) is 4.98 Å². The number of nitrogens with one attached hydrogen (secondary N) is 1. The Labute approximate surface area is 229 Å². The molecule has 4 aromatic rings. The highest BCUT2D eigenvalue weighted by Crippen LogP contribution is 2.38. The summed E-state index contributed by atoms with van der Waals surface area (Å²) >= 11 is 0. The first kappa shape index (κ1) is 27.8. The van der Waals surface area contributed by atoms with Gasteiger partial charge in [-0.1, -0.05) is 44.2 Å². The molecule has 4 rings (SSSR count). The van der Waals surface area contributed by atoms with E-state index in [1.165, 1.54) is 26.9 Å².